The molecule has 0 aliphatic rings. The van der Waals surface area contributed by atoms with Gasteiger partial charge in [0.05, 0.1) is 7.11 Å². The third kappa shape index (κ3) is 4.05. The number of benzene rings is 2. The average molecular weight is 303 g/mol. The molecule has 0 radical (unpaired) electrons. The van der Waals surface area contributed by atoms with E-state index in [2.05, 4.69) is 4.74 Å². The normalized spacial score (nSPS) is 11.8. The molecule has 0 amide bonds. The molecule has 0 heterocycles. The van der Waals surface area contributed by atoms with Crippen molar-refractivity contribution in [1.29, 1.82) is 0 Å². The molecule has 0 saturated carbocycles. The summed E-state index contributed by atoms with van der Waals surface area (Å²) in [6.07, 6.45) is 0.629. The van der Waals surface area contributed by atoms with Gasteiger partial charge in [-0.25, -0.2) is 9.18 Å². The number of carbonyl (C=O) groups is 1. The van der Waals surface area contributed by atoms with E-state index in [0.29, 0.717) is 6.42 Å². The molecule has 2 aromatic rings. The number of carbonyl (C=O) groups excluding carboxylic acids is 1. The van der Waals surface area contributed by atoms with E-state index in [1.54, 1.807) is 0 Å². The lowest BCUT2D eigenvalue weighted by atomic mass is 10.1. The highest BCUT2D eigenvalue weighted by atomic mass is 19.1. The van der Waals surface area contributed by atoms with Gasteiger partial charge in [-0.3, -0.25) is 0 Å². The van der Waals surface area contributed by atoms with Crippen LogP contribution in [0.5, 0.6) is 5.75 Å². The van der Waals surface area contributed by atoms with Crippen molar-refractivity contribution in [3.8, 4) is 5.75 Å². The van der Waals surface area contributed by atoms with E-state index in [4.69, 9.17) is 10.5 Å². The summed E-state index contributed by atoms with van der Waals surface area (Å²) >= 11 is 0. The van der Waals surface area contributed by atoms with Crippen LogP contribution in [0.25, 0.3) is 0 Å². The van der Waals surface area contributed by atoms with Crippen molar-refractivity contribution >= 4 is 5.97 Å². The first-order chi connectivity index (χ1) is 10.6. The van der Waals surface area contributed by atoms with Crippen LogP contribution in [-0.4, -0.2) is 25.7 Å². The predicted octanol–water partition coefficient (Wildman–Crippen LogP) is 2.56. The van der Waals surface area contributed by atoms with Crippen LogP contribution in [0.2, 0.25) is 0 Å². The number of hydrogen-bond donors (Lipinski definition) is 1. The third-order valence-corrected chi connectivity index (χ3v) is 3.16. The fourth-order valence-corrected chi connectivity index (χ4v) is 2.10. The molecule has 0 aliphatic heterocycles. The summed E-state index contributed by atoms with van der Waals surface area (Å²) in [7, 11) is 1.19. The fraction of sp³-hybridized carbons (Fsp3) is 0.235. The van der Waals surface area contributed by atoms with Gasteiger partial charge in [-0.15, -0.1) is 0 Å². The summed E-state index contributed by atoms with van der Waals surface area (Å²) in [5.74, 6) is -1.32. The van der Waals surface area contributed by atoms with Crippen molar-refractivity contribution in [3.05, 3.63) is 65.5 Å². The van der Waals surface area contributed by atoms with E-state index < -0.39 is 11.8 Å². The Morgan fingerprint density at radius 2 is 1.91 bits per heavy atom. The minimum absolute atomic E-state index is 0.135. The molecule has 0 bridgehead atoms. The topological polar surface area (TPSA) is 61.5 Å². The Morgan fingerprint density at radius 1 is 1.18 bits per heavy atom. The fourth-order valence-electron chi connectivity index (χ4n) is 2.10. The molecule has 0 fully saturated rings. The van der Waals surface area contributed by atoms with Crippen molar-refractivity contribution in [2.24, 2.45) is 5.73 Å². The lowest BCUT2D eigenvalue weighted by Crippen LogP contribution is -2.30. The van der Waals surface area contributed by atoms with Gasteiger partial charge in [0.1, 0.15) is 23.7 Å². The van der Waals surface area contributed by atoms with Gasteiger partial charge < -0.3 is 15.2 Å². The van der Waals surface area contributed by atoms with Gasteiger partial charge in [0, 0.05) is 6.04 Å². The van der Waals surface area contributed by atoms with Crippen LogP contribution in [0.1, 0.15) is 15.9 Å². The van der Waals surface area contributed by atoms with Gasteiger partial charge in [-0.05, 0) is 24.1 Å². The summed E-state index contributed by atoms with van der Waals surface area (Å²) < 4.78 is 23.8. The number of halogens is 1. The molecule has 2 aromatic carbocycles. The summed E-state index contributed by atoms with van der Waals surface area (Å²) in [6, 6.07) is 13.7. The number of hydrogen-bond acceptors (Lipinski definition) is 4. The van der Waals surface area contributed by atoms with E-state index >= 15 is 0 Å². The molecule has 2 rings (SSSR count). The molecule has 0 spiro atoms. The third-order valence-electron chi connectivity index (χ3n) is 3.16. The molecule has 22 heavy (non-hydrogen) atoms. The zero-order valence-corrected chi connectivity index (χ0v) is 12.3. The average Bonchev–Trinajstić information content (AvgIpc) is 2.53. The number of ether oxygens (including phenoxy) is 2. The maximum absolute atomic E-state index is 13.7. The maximum atomic E-state index is 13.7. The standard InChI is InChI=1S/C17H18FNO3/c1-21-17(20)16-14(18)8-5-9-15(16)22-11-13(19)10-12-6-3-2-4-7-12/h2-9,13H,10-11,19H2,1H3. The number of methoxy groups -OCH3 is 1. The zero-order chi connectivity index (χ0) is 15.9. The highest BCUT2D eigenvalue weighted by Gasteiger charge is 2.19. The molecule has 2 N–H and O–H groups in total. The first kappa shape index (κ1) is 16.0. The maximum Gasteiger partial charge on any atom is 0.344 e. The minimum atomic E-state index is -0.773. The Labute approximate surface area is 128 Å². The van der Waals surface area contributed by atoms with E-state index in [-0.39, 0.29) is 24.0 Å². The van der Waals surface area contributed by atoms with Crippen molar-refractivity contribution in [2.45, 2.75) is 12.5 Å². The lowest BCUT2D eigenvalue weighted by Gasteiger charge is -2.15. The van der Waals surface area contributed by atoms with Crippen molar-refractivity contribution in [1.82, 2.24) is 0 Å². The predicted molar refractivity (Wildman–Crippen MR) is 81.4 cm³/mol. The second-order valence-electron chi connectivity index (χ2n) is 4.87. The van der Waals surface area contributed by atoms with Crippen molar-refractivity contribution < 1.29 is 18.7 Å². The zero-order valence-electron chi connectivity index (χ0n) is 12.3. The van der Waals surface area contributed by atoms with Crippen LogP contribution < -0.4 is 10.5 Å². The van der Waals surface area contributed by atoms with Gasteiger partial charge in [-0.2, -0.15) is 0 Å². The smallest absolute Gasteiger partial charge is 0.344 e. The molecule has 4 nitrogen and oxygen atoms in total. The van der Waals surface area contributed by atoms with Gasteiger partial charge in [0.15, 0.2) is 0 Å². The molecule has 116 valence electrons. The summed E-state index contributed by atoms with van der Waals surface area (Å²) in [6.45, 7) is 0.169. The van der Waals surface area contributed by atoms with E-state index in [1.807, 2.05) is 30.3 Å². The van der Waals surface area contributed by atoms with E-state index in [0.717, 1.165) is 5.56 Å². The first-order valence-corrected chi connectivity index (χ1v) is 6.91. The van der Waals surface area contributed by atoms with E-state index in [1.165, 1.54) is 25.3 Å². The summed E-state index contributed by atoms with van der Waals surface area (Å²) in [4.78, 5) is 11.6. The first-order valence-electron chi connectivity index (χ1n) is 6.91. The number of esters is 1. The highest BCUT2D eigenvalue weighted by Crippen LogP contribution is 2.22. The summed E-state index contributed by atoms with van der Waals surface area (Å²) in [5, 5.41) is 0. The van der Waals surface area contributed by atoms with Gasteiger partial charge in [0.2, 0.25) is 0 Å². The monoisotopic (exact) mass is 303 g/mol. The van der Waals surface area contributed by atoms with Crippen LogP contribution in [-0.2, 0) is 11.2 Å². The highest BCUT2D eigenvalue weighted by molar-refractivity contribution is 5.92. The van der Waals surface area contributed by atoms with Crippen molar-refractivity contribution in [2.75, 3.05) is 13.7 Å². The second-order valence-corrected chi connectivity index (χ2v) is 4.87. The Bertz CT molecular complexity index is 631. The van der Waals surface area contributed by atoms with Crippen LogP contribution >= 0.6 is 0 Å². The van der Waals surface area contributed by atoms with E-state index in [9.17, 15) is 9.18 Å². The Kier molecular flexibility index (Phi) is 5.49. The van der Waals surface area contributed by atoms with Crippen LogP contribution in [0.15, 0.2) is 48.5 Å². The Morgan fingerprint density at radius 3 is 2.59 bits per heavy atom. The second kappa shape index (κ2) is 7.56. The van der Waals surface area contributed by atoms with Crippen molar-refractivity contribution in [3.63, 3.8) is 0 Å². The molecule has 1 unspecified atom stereocenters. The molecule has 0 aromatic heterocycles. The minimum Gasteiger partial charge on any atom is -0.491 e. The molecular weight excluding hydrogens is 285 g/mol. The molecule has 1 atom stereocenters. The van der Waals surface area contributed by atoms with Crippen LogP contribution in [0.4, 0.5) is 4.39 Å². The molecular formula is C17H18FNO3. The van der Waals surface area contributed by atoms with Gasteiger partial charge >= 0.3 is 5.97 Å². The van der Waals surface area contributed by atoms with Gasteiger partial charge in [-0.1, -0.05) is 36.4 Å². The quantitative estimate of drug-likeness (QED) is 0.833. The number of nitrogens with two attached hydrogens (primary N) is 1. The van der Waals surface area contributed by atoms with Crippen LogP contribution in [0, 0.1) is 5.82 Å². The Balaban J connectivity index is 2.02. The Hall–Kier alpha value is -2.40. The number of rotatable bonds is 6. The SMILES string of the molecule is COC(=O)c1c(F)cccc1OCC(N)Cc1ccccc1. The summed E-state index contributed by atoms with van der Waals surface area (Å²) in [5.41, 5.74) is 6.89. The lowest BCUT2D eigenvalue weighted by molar-refractivity contribution is 0.0590. The molecule has 0 saturated heterocycles. The van der Waals surface area contributed by atoms with Crippen LogP contribution in [0.3, 0.4) is 0 Å². The van der Waals surface area contributed by atoms with Gasteiger partial charge in [0.25, 0.3) is 0 Å². The largest absolute Gasteiger partial charge is 0.491 e. The molecule has 0 aliphatic carbocycles. The molecule has 5 heteroatoms.